The van der Waals surface area contributed by atoms with Crippen molar-refractivity contribution in [3.63, 3.8) is 0 Å². The second-order valence-electron chi connectivity index (χ2n) is 7.81. The van der Waals surface area contributed by atoms with Gasteiger partial charge in [0.1, 0.15) is 10.7 Å². The van der Waals surface area contributed by atoms with Crippen molar-refractivity contribution in [2.24, 2.45) is 7.05 Å². The number of hydrogen-bond acceptors (Lipinski definition) is 7. The van der Waals surface area contributed by atoms with E-state index in [0.29, 0.717) is 31.9 Å². The molecule has 3 aromatic rings. The average molecular weight is 460 g/mol. The molecule has 172 valence electrons. The minimum Gasteiger partial charge on any atom is -0.371 e. The highest BCUT2D eigenvalue weighted by Gasteiger charge is 2.34. The summed E-state index contributed by atoms with van der Waals surface area (Å²) in [7, 11) is -1.93. The van der Waals surface area contributed by atoms with Crippen LogP contribution in [0, 0.1) is 6.92 Å². The van der Waals surface area contributed by atoms with Gasteiger partial charge in [-0.05, 0) is 32.0 Å². The lowest BCUT2D eigenvalue weighted by Gasteiger charge is -2.32. The number of ether oxygens (including phenoxy) is 1. The fourth-order valence-electron chi connectivity index (χ4n) is 3.69. The summed E-state index contributed by atoms with van der Waals surface area (Å²) in [6, 6.07) is 5.32. The predicted octanol–water partition coefficient (Wildman–Crippen LogP) is 1.76. The number of sulfonamides is 1. The molecular formula is C21H29N7O3S. The monoisotopic (exact) mass is 459 g/mol. The molecule has 0 radical (unpaired) electrons. The summed E-state index contributed by atoms with van der Waals surface area (Å²) < 4.78 is 37.9. The number of aryl methyl sites for hydroxylation is 3. The molecule has 1 saturated heterocycles. The van der Waals surface area contributed by atoms with E-state index in [9.17, 15) is 8.42 Å². The van der Waals surface area contributed by atoms with Crippen LogP contribution >= 0.6 is 0 Å². The lowest BCUT2D eigenvalue weighted by molar-refractivity contribution is -0.00258. The first-order valence-corrected chi connectivity index (χ1v) is 12.1. The molecule has 1 atom stereocenters. The van der Waals surface area contributed by atoms with E-state index in [1.165, 1.54) is 4.31 Å². The molecule has 11 heteroatoms. The minimum absolute atomic E-state index is 0.175. The summed E-state index contributed by atoms with van der Waals surface area (Å²) in [5, 5.41) is 11.8. The van der Waals surface area contributed by atoms with Gasteiger partial charge in [0.05, 0.1) is 24.6 Å². The number of hydrogen-bond donors (Lipinski definition) is 1. The van der Waals surface area contributed by atoms with Crippen LogP contribution in [0.25, 0.3) is 0 Å². The van der Waals surface area contributed by atoms with Crippen LogP contribution in [0.5, 0.6) is 0 Å². The van der Waals surface area contributed by atoms with Gasteiger partial charge in [-0.15, -0.1) is 0 Å². The van der Waals surface area contributed by atoms with Crippen molar-refractivity contribution in [1.29, 1.82) is 0 Å². The second-order valence-corrected chi connectivity index (χ2v) is 9.72. The third-order valence-electron chi connectivity index (χ3n) is 5.43. The molecule has 1 aliphatic rings. The van der Waals surface area contributed by atoms with E-state index in [-0.39, 0.29) is 17.5 Å². The Morgan fingerprint density at radius 3 is 2.84 bits per heavy atom. The smallest absolute Gasteiger partial charge is 0.246 e. The quantitative estimate of drug-likeness (QED) is 0.547. The van der Waals surface area contributed by atoms with Gasteiger partial charge in [0, 0.05) is 63.3 Å². The highest BCUT2D eigenvalue weighted by molar-refractivity contribution is 7.89. The Morgan fingerprint density at radius 2 is 2.12 bits per heavy atom. The highest BCUT2D eigenvalue weighted by Crippen LogP contribution is 2.29. The Kier molecular flexibility index (Phi) is 6.58. The maximum atomic E-state index is 13.5. The van der Waals surface area contributed by atoms with E-state index in [1.54, 1.807) is 23.0 Å². The number of nitrogens with zero attached hydrogens (tertiary/aromatic N) is 6. The third-order valence-corrected chi connectivity index (χ3v) is 7.33. The number of aromatic nitrogens is 5. The van der Waals surface area contributed by atoms with E-state index in [1.807, 2.05) is 44.0 Å². The van der Waals surface area contributed by atoms with E-state index in [2.05, 4.69) is 20.5 Å². The van der Waals surface area contributed by atoms with Crippen LogP contribution in [0.3, 0.4) is 0 Å². The standard InChI is InChI=1S/C21H29N7O3S/c1-4-27-10-8-18(25-27)7-9-22-21-20(6-5-16(2)24-21)32(29,30)28-11-12-31-19(15-28)17-13-23-26(3)14-17/h5-6,8,10,13-14,19H,4,7,9,11-12,15H2,1-3H3,(H,22,24). The Balaban J connectivity index is 1.51. The van der Waals surface area contributed by atoms with Crippen LogP contribution in [-0.2, 0) is 34.8 Å². The van der Waals surface area contributed by atoms with Crippen molar-refractivity contribution in [2.45, 2.75) is 37.8 Å². The summed E-state index contributed by atoms with van der Waals surface area (Å²) >= 11 is 0. The van der Waals surface area contributed by atoms with Crippen LogP contribution in [-0.4, -0.2) is 63.5 Å². The van der Waals surface area contributed by atoms with Crippen LogP contribution in [0.2, 0.25) is 0 Å². The van der Waals surface area contributed by atoms with Crippen molar-refractivity contribution >= 4 is 15.8 Å². The highest BCUT2D eigenvalue weighted by atomic mass is 32.2. The molecule has 1 fully saturated rings. The summed E-state index contributed by atoms with van der Waals surface area (Å²) in [4.78, 5) is 4.66. The van der Waals surface area contributed by atoms with Crippen LogP contribution in [0.4, 0.5) is 5.82 Å². The largest absolute Gasteiger partial charge is 0.371 e. The zero-order valence-corrected chi connectivity index (χ0v) is 19.4. The Morgan fingerprint density at radius 1 is 1.28 bits per heavy atom. The summed E-state index contributed by atoms with van der Waals surface area (Å²) in [5.41, 5.74) is 2.56. The van der Waals surface area contributed by atoms with Crippen molar-refractivity contribution in [3.05, 3.63) is 53.7 Å². The molecule has 0 aromatic carbocycles. The molecule has 0 aliphatic carbocycles. The fourth-order valence-corrected chi connectivity index (χ4v) is 5.22. The number of morpholine rings is 1. The molecule has 0 amide bonds. The molecule has 0 bridgehead atoms. The first kappa shape index (κ1) is 22.4. The SMILES string of the molecule is CCn1ccc(CCNc2nc(C)ccc2S(=O)(=O)N2CCOC(c3cnn(C)c3)C2)n1. The van der Waals surface area contributed by atoms with Gasteiger partial charge in [0.25, 0.3) is 0 Å². The molecule has 4 heterocycles. The minimum atomic E-state index is -3.76. The van der Waals surface area contributed by atoms with Gasteiger partial charge in [-0.25, -0.2) is 13.4 Å². The Hall–Kier alpha value is -2.76. The summed E-state index contributed by atoms with van der Waals surface area (Å²) in [5.74, 6) is 0.365. The number of nitrogens with one attached hydrogen (secondary N) is 1. The van der Waals surface area contributed by atoms with Gasteiger partial charge >= 0.3 is 0 Å². The van der Waals surface area contributed by atoms with Crippen molar-refractivity contribution in [2.75, 3.05) is 31.6 Å². The van der Waals surface area contributed by atoms with Crippen molar-refractivity contribution in [1.82, 2.24) is 28.9 Å². The average Bonchev–Trinajstić information content (AvgIpc) is 3.42. The van der Waals surface area contributed by atoms with Gasteiger partial charge in [0.15, 0.2) is 0 Å². The van der Waals surface area contributed by atoms with E-state index in [4.69, 9.17) is 4.74 Å². The first-order chi connectivity index (χ1) is 15.4. The van der Waals surface area contributed by atoms with Crippen molar-refractivity contribution < 1.29 is 13.2 Å². The van der Waals surface area contributed by atoms with E-state index >= 15 is 0 Å². The van der Waals surface area contributed by atoms with Gasteiger partial charge in [-0.3, -0.25) is 9.36 Å². The van der Waals surface area contributed by atoms with Crippen LogP contribution in [0.1, 0.15) is 30.0 Å². The predicted molar refractivity (Wildman–Crippen MR) is 120 cm³/mol. The molecule has 1 N–H and O–H groups in total. The normalized spacial score (nSPS) is 17.5. The topological polar surface area (TPSA) is 107 Å². The molecule has 4 rings (SSSR count). The molecule has 0 spiro atoms. The molecule has 1 aliphatic heterocycles. The number of pyridine rings is 1. The fraction of sp³-hybridized carbons (Fsp3) is 0.476. The van der Waals surface area contributed by atoms with Crippen LogP contribution < -0.4 is 5.32 Å². The molecule has 1 unspecified atom stereocenters. The van der Waals surface area contributed by atoms with Gasteiger partial charge in [0.2, 0.25) is 10.0 Å². The molecular weight excluding hydrogens is 430 g/mol. The first-order valence-electron chi connectivity index (χ1n) is 10.7. The van der Waals surface area contributed by atoms with E-state index in [0.717, 1.165) is 23.5 Å². The maximum absolute atomic E-state index is 13.5. The molecule has 10 nitrogen and oxygen atoms in total. The number of anilines is 1. The maximum Gasteiger partial charge on any atom is 0.246 e. The number of rotatable bonds is 8. The lowest BCUT2D eigenvalue weighted by Crippen LogP contribution is -2.42. The zero-order valence-electron chi connectivity index (χ0n) is 18.6. The third kappa shape index (κ3) is 4.84. The molecule has 3 aromatic heterocycles. The summed E-state index contributed by atoms with van der Waals surface area (Å²) in [6.45, 7) is 6.07. The Bertz CT molecular complexity index is 1170. The second kappa shape index (κ2) is 9.39. The van der Waals surface area contributed by atoms with Gasteiger partial charge < -0.3 is 10.1 Å². The van der Waals surface area contributed by atoms with Gasteiger partial charge in [-0.1, -0.05) is 0 Å². The van der Waals surface area contributed by atoms with E-state index < -0.39 is 10.0 Å². The Labute approximate surface area is 188 Å². The van der Waals surface area contributed by atoms with Gasteiger partial charge in [-0.2, -0.15) is 14.5 Å². The zero-order chi connectivity index (χ0) is 22.7. The van der Waals surface area contributed by atoms with Crippen LogP contribution in [0.15, 0.2) is 41.7 Å². The molecule has 32 heavy (non-hydrogen) atoms. The summed E-state index contributed by atoms with van der Waals surface area (Å²) in [6.07, 6.45) is 5.81. The van der Waals surface area contributed by atoms with Crippen molar-refractivity contribution in [3.8, 4) is 0 Å². The molecule has 0 saturated carbocycles. The lowest BCUT2D eigenvalue weighted by atomic mass is 10.2.